The number of benzene rings is 1. The summed E-state index contributed by atoms with van der Waals surface area (Å²) in [5.41, 5.74) is 1.55. The molecule has 8 heteroatoms. The smallest absolute Gasteiger partial charge is 0.382 e. The van der Waals surface area contributed by atoms with Crippen LogP contribution in [0.25, 0.3) is 0 Å². The average molecular weight is 430 g/mol. The summed E-state index contributed by atoms with van der Waals surface area (Å²) >= 11 is 0. The van der Waals surface area contributed by atoms with Crippen LogP contribution in [0.5, 0.6) is 0 Å². The molecule has 0 unspecified atom stereocenters. The molecular weight excluding hydrogens is 405 g/mol. The van der Waals surface area contributed by atoms with Crippen LogP contribution >= 0.6 is 0 Å². The van der Waals surface area contributed by atoms with Crippen molar-refractivity contribution in [3.05, 3.63) is 57.9 Å². The zero-order chi connectivity index (χ0) is 22.8. The van der Waals surface area contributed by atoms with Crippen molar-refractivity contribution in [1.82, 2.24) is 10.3 Å². The van der Waals surface area contributed by atoms with E-state index in [9.17, 15) is 18.0 Å². The molecule has 1 aliphatic carbocycles. The number of aryl methyl sites for hydroxylation is 3. The Hall–Kier alpha value is -3.08. The van der Waals surface area contributed by atoms with Gasteiger partial charge in [0.15, 0.2) is 0 Å². The lowest BCUT2D eigenvalue weighted by molar-refractivity contribution is -0.137. The highest BCUT2D eigenvalue weighted by atomic mass is 19.4. The van der Waals surface area contributed by atoms with Crippen LogP contribution in [-0.4, -0.2) is 23.0 Å². The van der Waals surface area contributed by atoms with Gasteiger partial charge in [-0.2, -0.15) is 18.4 Å². The van der Waals surface area contributed by atoms with Gasteiger partial charge in [-0.3, -0.25) is 9.78 Å². The Morgan fingerprint density at radius 2 is 1.61 bits per heavy atom. The minimum atomic E-state index is -4.58. The molecule has 2 N–H and O–H groups in total. The summed E-state index contributed by atoms with van der Waals surface area (Å²) < 4.78 is 39.9. The maximum Gasteiger partial charge on any atom is 0.417 e. The number of aromatic nitrogens is 1. The number of carbonyl (C=O) groups is 1. The zero-order valence-corrected chi connectivity index (χ0v) is 17.7. The summed E-state index contributed by atoms with van der Waals surface area (Å²) in [4.78, 5) is 16.8. The van der Waals surface area contributed by atoms with Crippen LogP contribution in [0.2, 0.25) is 0 Å². The SMILES string of the molecule is Cc1cc(C(=O)N[C@H]2CC[C@@H](Nc3cc(C)c(C#N)c(C(F)(F)F)c3)CC2)cc(C)n1. The van der Waals surface area contributed by atoms with Gasteiger partial charge in [-0.1, -0.05) is 0 Å². The van der Waals surface area contributed by atoms with E-state index in [0.717, 1.165) is 43.1 Å². The Bertz CT molecular complexity index is 998. The molecule has 1 aromatic heterocycles. The molecule has 31 heavy (non-hydrogen) atoms. The van der Waals surface area contributed by atoms with E-state index in [-0.39, 0.29) is 23.6 Å². The topological polar surface area (TPSA) is 77.8 Å². The van der Waals surface area contributed by atoms with Crippen molar-refractivity contribution in [2.24, 2.45) is 0 Å². The molecule has 1 aromatic carbocycles. The monoisotopic (exact) mass is 430 g/mol. The van der Waals surface area contributed by atoms with E-state index in [0.29, 0.717) is 16.8 Å². The van der Waals surface area contributed by atoms with Crippen molar-refractivity contribution in [2.45, 2.75) is 64.7 Å². The zero-order valence-electron chi connectivity index (χ0n) is 17.7. The number of nitrogens with zero attached hydrogens (tertiary/aromatic N) is 2. The second-order valence-corrected chi connectivity index (χ2v) is 8.13. The fourth-order valence-electron chi connectivity index (χ4n) is 4.09. The van der Waals surface area contributed by atoms with Gasteiger partial charge in [0.05, 0.1) is 11.1 Å². The molecule has 1 saturated carbocycles. The fraction of sp³-hybridized carbons (Fsp3) is 0.435. The summed E-state index contributed by atoms with van der Waals surface area (Å²) in [5, 5.41) is 15.3. The molecular formula is C23H25F3N4O. The Labute approximate surface area is 179 Å². The Morgan fingerprint density at radius 1 is 1.03 bits per heavy atom. The number of halogens is 3. The highest BCUT2D eigenvalue weighted by Crippen LogP contribution is 2.36. The summed E-state index contributed by atoms with van der Waals surface area (Å²) in [5.74, 6) is -0.137. The van der Waals surface area contributed by atoms with Gasteiger partial charge in [0, 0.05) is 34.7 Å². The molecule has 164 valence electrons. The van der Waals surface area contributed by atoms with Crippen LogP contribution in [0.3, 0.4) is 0 Å². The standard InChI is InChI=1S/C23H25F3N4O/c1-13-8-19(11-21(20(13)12-27)23(24,25)26)29-17-4-6-18(7-5-17)30-22(31)16-9-14(2)28-15(3)10-16/h8-11,17-18,29H,4-7H2,1-3H3,(H,30,31)/t17-,18+. The first-order chi connectivity index (χ1) is 14.6. The number of alkyl halides is 3. The molecule has 5 nitrogen and oxygen atoms in total. The third-order valence-electron chi connectivity index (χ3n) is 5.53. The van der Waals surface area contributed by atoms with Crippen molar-refractivity contribution in [3.63, 3.8) is 0 Å². The first-order valence-corrected chi connectivity index (χ1v) is 10.2. The molecule has 0 aliphatic heterocycles. The Morgan fingerprint density at radius 3 is 2.16 bits per heavy atom. The number of hydrogen-bond donors (Lipinski definition) is 2. The van der Waals surface area contributed by atoms with Crippen molar-refractivity contribution in [1.29, 1.82) is 5.26 Å². The maximum atomic E-state index is 13.3. The third-order valence-corrected chi connectivity index (χ3v) is 5.53. The first kappa shape index (κ1) is 22.6. The second kappa shape index (κ2) is 8.96. The minimum absolute atomic E-state index is 0.00647. The predicted molar refractivity (Wildman–Crippen MR) is 112 cm³/mol. The van der Waals surface area contributed by atoms with Crippen LogP contribution in [0, 0.1) is 32.1 Å². The fourth-order valence-corrected chi connectivity index (χ4v) is 4.09. The normalized spacial score (nSPS) is 18.9. The van der Waals surface area contributed by atoms with E-state index in [1.54, 1.807) is 24.3 Å². The van der Waals surface area contributed by atoms with Gasteiger partial charge >= 0.3 is 6.18 Å². The van der Waals surface area contributed by atoms with Gasteiger partial charge in [-0.05, 0) is 76.3 Å². The lowest BCUT2D eigenvalue weighted by atomic mass is 9.90. The quantitative estimate of drug-likeness (QED) is 0.712. The highest BCUT2D eigenvalue weighted by Gasteiger charge is 2.35. The van der Waals surface area contributed by atoms with Gasteiger partial charge in [-0.15, -0.1) is 0 Å². The van der Waals surface area contributed by atoms with E-state index in [1.807, 2.05) is 13.8 Å². The summed E-state index contributed by atoms with van der Waals surface area (Å²) in [6.07, 6.45) is -1.68. The van der Waals surface area contributed by atoms with Crippen molar-refractivity contribution in [3.8, 4) is 6.07 Å². The van der Waals surface area contributed by atoms with Crippen LogP contribution in [0.15, 0.2) is 24.3 Å². The average Bonchev–Trinajstić information content (AvgIpc) is 2.67. The van der Waals surface area contributed by atoms with Crippen molar-refractivity contribution >= 4 is 11.6 Å². The molecule has 0 spiro atoms. The van der Waals surface area contributed by atoms with E-state index in [2.05, 4.69) is 15.6 Å². The summed E-state index contributed by atoms with van der Waals surface area (Å²) in [6.45, 7) is 5.19. The predicted octanol–water partition coefficient (Wildman–Crippen LogP) is 5.05. The minimum Gasteiger partial charge on any atom is -0.382 e. The molecule has 1 fully saturated rings. The molecule has 2 aromatic rings. The number of hydrogen-bond acceptors (Lipinski definition) is 4. The van der Waals surface area contributed by atoms with Crippen LogP contribution in [0.4, 0.5) is 18.9 Å². The summed E-state index contributed by atoms with van der Waals surface area (Å²) in [7, 11) is 0. The van der Waals surface area contributed by atoms with E-state index < -0.39 is 11.7 Å². The van der Waals surface area contributed by atoms with E-state index in [1.165, 1.54) is 6.92 Å². The Kier molecular flexibility index (Phi) is 6.54. The number of amides is 1. The molecule has 3 rings (SSSR count). The van der Waals surface area contributed by atoms with Crippen LogP contribution in [0.1, 0.15) is 64.1 Å². The van der Waals surface area contributed by atoms with E-state index >= 15 is 0 Å². The molecule has 0 bridgehead atoms. The van der Waals surface area contributed by atoms with Crippen molar-refractivity contribution < 1.29 is 18.0 Å². The number of anilines is 1. The van der Waals surface area contributed by atoms with E-state index in [4.69, 9.17) is 5.26 Å². The second-order valence-electron chi connectivity index (χ2n) is 8.13. The molecule has 0 saturated heterocycles. The number of nitrogens with one attached hydrogen (secondary N) is 2. The highest BCUT2D eigenvalue weighted by molar-refractivity contribution is 5.94. The maximum absolute atomic E-state index is 13.3. The third kappa shape index (κ3) is 5.54. The number of rotatable bonds is 4. The molecule has 0 atom stereocenters. The van der Waals surface area contributed by atoms with Gasteiger partial charge in [0.2, 0.25) is 0 Å². The molecule has 1 aliphatic rings. The number of pyridine rings is 1. The van der Waals surface area contributed by atoms with Gasteiger partial charge < -0.3 is 10.6 Å². The van der Waals surface area contributed by atoms with Crippen LogP contribution < -0.4 is 10.6 Å². The van der Waals surface area contributed by atoms with Gasteiger partial charge in [0.1, 0.15) is 6.07 Å². The van der Waals surface area contributed by atoms with Gasteiger partial charge in [0.25, 0.3) is 5.91 Å². The lowest BCUT2D eigenvalue weighted by Gasteiger charge is -2.30. The number of carbonyl (C=O) groups excluding carboxylic acids is 1. The molecule has 1 heterocycles. The van der Waals surface area contributed by atoms with Crippen LogP contribution in [-0.2, 0) is 6.18 Å². The first-order valence-electron chi connectivity index (χ1n) is 10.2. The van der Waals surface area contributed by atoms with Crippen molar-refractivity contribution in [2.75, 3.05) is 5.32 Å². The van der Waals surface area contributed by atoms with Gasteiger partial charge in [-0.25, -0.2) is 0 Å². The summed E-state index contributed by atoms with van der Waals surface area (Å²) in [6, 6.07) is 7.77. The largest absolute Gasteiger partial charge is 0.417 e. The molecule has 0 radical (unpaired) electrons. The molecule has 1 amide bonds. The number of nitriles is 1. The Balaban J connectivity index is 1.61. The lowest BCUT2D eigenvalue weighted by Crippen LogP contribution is -2.40.